The molecule has 1 atom stereocenters. The molecule has 4 heteroatoms. The first-order valence-corrected chi connectivity index (χ1v) is 7.97. The Morgan fingerprint density at radius 3 is 2.55 bits per heavy atom. The number of halogens is 3. The van der Waals surface area contributed by atoms with Crippen molar-refractivity contribution in [2.45, 2.75) is 19.4 Å². The van der Waals surface area contributed by atoms with Gasteiger partial charge in [-0.3, -0.25) is 0 Å². The van der Waals surface area contributed by atoms with Crippen molar-refractivity contribution >= 4 is 31.9 Å². The highest BCUT2D eigenvalue weighted by Gasteiger charge is 2.14. The van der Waals surface area contributed by atoms with E-state index in [1.165, 1.54) is 11.6 Å². The fraction of sp³-hybridized carbons (Fsp3) is 0.250. The van der Waals surface area contributed by atoms with Crippen LogP contribution in [0.15, 0.2) is 45.3 Å². The predicted molar refractivity (Wildman–Crippen MR) is 88.5 cm³/mol. The molecule has 0 aromatic heterocycles. The van der Waals surface area contributed by atoms with Gasteiger partial charge in [0, 0.05) is 15.0 Å². The monoisotopic (exact) mass is 399 g/mol. The molecular weight excluding hydrogens is 385 g/mol. The molecule has 1 N–H and O–H groups in total. The molecule has 0 aliphatic carbocycles. The van der Waals surface area contributed by atoms with Crippen LogP contribution < -0.4 is 5.32 Å². The summed E-state index contributed by atoms with van der Waals surface area (Å²) < 4.78 is 15.9. The zero-order valence-electron chi connectivity index (χ0n) is 11.4. The van der Waals surface area contributed by atoms with Crippen LogP contribution in [-0.2, 0) is 6.42 Å². The Morgan fingerprint density at radius 1 is 1.15 bits per heavy atom. The molecule has 0 saturated carbocycles. The lowest BCUT2D eigenvalue weighted by Gasteiger charge is -2.18. The molecule has 0 bridgehead atoms. The Kier molecular flexibility index (Phi) is 5.35. The van der Waals surface area contributed by atoms with Gasteiger partial charge in [-0.2, -0.15) is 0 Å². The predicted octanol–water partition coefficient (Wildman–Crippen LogP) is 5.16. The summed E-state index contributed by atoms with van der Waals surface area (Å²) in [6.07, 6.45) is 0.614. The quantitative estimate of drug-likeness (QED) is 0.747. The number of hydrogen-bond acceptors (Lipinski definition) is 1. The van der Waals surface area contributed by atoms with Gasteiger partial charge in [-0.05, 0) is 61.3 Å². The van der Waals surface area contributed by atoms with Crippen LogP contribution in [0.2, 0.25) is 0 Å². The molecule has 2 aromatic rings. The van der Waals surface area contributed by atoms with Gasteiger partial charge in [-0.15, -0.1) is 0 Å². The first-order valence-electron chi connectivity index (χ1n) is 6.38. The second-order valence-corrected chi connectivity index (χ2v) is 6.56. The van der Waals surface area contributed by atoms with Crippen molar-refractivity contribution < 1.29 is 4.39 Å². The normalized spacial score (nSPS) is 12.4. The molecule has 20 heavy (non-hydrogen) atoms. The van der Waals surface area contributed by atoms with Crippen molar-refractivity contribution in [3.63, 3.8) is 0 Å². The molecular formula is C16H16Br2FN. The molecule has 2 rings (SSSR count). The van der Waals surface area contributed by atoms with E-state index in [0.717, 1.165) is 14.5 Å². The highest BCUT2D eigenvalue weighted by atomic mass is 79.9. The van der Waals surface area contributed by atoms with Crippen molar-refractivity contribution in [1.82, 2.24) is 5.32 Å². The summed E-state index contributed by atoms with van der Waals surface area (Å²) in [6, 6.07) is 11.4. The third-order valence-electron chi connectivity index (χ3n) is 3.36. The third-order valence-corrected chi connectivity index (χ3v) is 4.75. The summed E-state index contributed by atoms with van der Waals surface area (Å²) in [5.74, 6) is -0.165. The molecule has 106 valence electrons. The van der Waals surface area contributed by atoms with Crippen LogP contribution in [0.1, 0.15) is 22.7 Å². The van der Waals surface area contributed by atoms with Gasteiger partial charge in [0.2, 0.25) is 0 Å². The Balaban J connectivity index is 2.28. The van der Waals surface area contributed by atoms with Crippen LogP contribution in [-0.4, -0.2) is 7.05 Å². The van der Waals surface area contributed by atoms with Gasteiger partial charge in [0.1, 0.15) is 5.82 Å². The summed E-state index contributed by atoms with van der Waals surface area (Å²) in [5.41, 5.74) is 3.05. The number of likely N-dealkylation sites (N-methyl/N-ethyl adjacent to an activating group) is 1. The highest BCUT2D eigenvalue weighted by molar-refractivity contribution is 9.10. The topological polar surface area (TPSA) is 12.0 Å². The van der Waals surface area contributed by atoms with Gasteiger partial charge in [0.15, 0.2) is 0 Å². The van der Waals surface area contributed by atoms with Crippen LogP contribution in [0.3, 0.4) is 0 Å². The Labute approximate surface area is 135 Å². The highest BCUT2D eigenvalue weighted by Crippen LogP contribution is 2.25. The molecule has 0 radical (unpaired) electrons. The standard InChI is InChI=1S/C16H16Br2FN/c1-10-7-11(3-5-14(10)18)16(20-2)9-12-8-13(17)4-6-15(12)19/h3-8,16,20H,9H2,1-2H3. The number of hydrogen-bond donors (Lipinski definition) is 1. The van der Waals surface area contributed by atoms with Crippen molar-refractivity contribution in [2.75, 3.05) is 7.05 Å². The van der Waals surface area contributed by atoms with E-state index in [9.17, 15) is 4.39 Å². The maximum Gasteiger partial charge on any atom is 0.126 e. The molecule has 0 aliphatic heterocycles. The largest absolute Gasteiger partial charge is 0.313 e. The minimum absolute atomic E-state index is 0.0885. The van der Waals surface area contributed by atoms with Gasteiger partial charge in [0.05, 0.1) is 0 Å². The van der Waals surface area contributed by atoms with Gasteiger partial charge < -0.3 is 5.32 Å². The smallest absolute Gasteiger partial charge is 0.126 e. The maximum absolute atomic E-state index is 13.9. The Hall–Kier alpha value is -0.710. The van der Waals surface area contributed by atoms with Crippen molar-refractivity contribution in [3.05, 3.63) is 67.9 Å². The zero-order chi connectivity index (χ0) is 14.7. The molecule has 0 fully saturated rings. The minimum atomic E-state index is -0.165. The second-order valence-electron chi connectivity index (χ2n) is 4.79. The number of benzene rings is 2. The fourth-order valence-electron chi connectivity index (χ4n) is 2.19. The van der Waals surface area contributed by atoms with E-state index in [0.29, 0.717) is 12.0 Å². The average Bonchev–Trinajstić information content (AvgIpc) is 2.43. The van der Waals surface area contributed by atoms with Crippen molar-refractivity contribution in [1.29, 1.82) is 0 Å². The SMILES string of the molecule is CNC(Cc1cc(Br)ccc1F)c1ccc(Br)c(C)c1. The van der Waals surface area contributed by atoms with E-state index in [-0.39, 0.29) is 11.9 Å². The van der Waals surface area contributed by atoms with E-state index in [4.69, 9.17) is 0 Å². The zero-order valence-corrected chi connectivity index (χ0v) is 14.6. The summed E-state index contributed by atoms with van der Waals surface area (Å²) in [6.45, 7) is 2.06. The van der Waals surface area contributed by atoms with E-state index in [2.05, 4.69) is 56.2 Å². The maximum atomic E-state index is 13.9. The van der Waals surface area contributed by atoms with Gasteiger partial charge in [0.25, 0.3) is 0 Å². The molecule has 0 amide bonds. The van der Waals surface area contributed by atoms with E-state index in [1.54, 1.807) is 6.07 Å². The van der Waals surface area contributed by atoms with Gasteiger partial charge >= 0.3 is 0 Å². The molecule has 0 saturated heterocycles. The second kappa shape index (κ2) is 6.83. The number of aryl methyl sites for hydroxylation is 1. The fourth-order valence-corrected chi connectivity index (χ4v) is 2.85. The van der Waals surface area contributed by atoms with E-state index in [1.807, 2.05) is 19.2 Å². The van der Waals surface area contributed by atoms with Crippen LogP contribution in [0.25, 0.3) is 0 Å². The first-order chi connectivity index (χ1) is 9.51. The van der Waals surface area contributed by atoms with Crippen LogP contribution in [0.4, 0.5) is 4.39 Å². The van der Waals surface area contributed by atoms with Gasteiger partial charge in [-0.25, -0.2) is 4.39 Å². The van der Waals surface area contributed by atoms with Gasteiger partial charge in [-0.1, -0.05) is 44.0 Å². The lowest BCUT2D eigenvalue weighted by molar-refractivity contribution is 0.554. The first kappa shape index (κ1) is 15.7. The van der Waals surface area contributed by atoms with Crippen LogP contribution in [0, 0.1) is 12.7 Å². The summed E-state index contributed by atoms with van der Waals surface area (Å²) >= 11 is 6.89. The Morgan fingerprint density at radius 2 is 1.90 bits per heavy atom. The summed E-state index contributed by atoms with van der Waals surface area (Å²) in [7, 11) is 1.90. The molecule has 1 unspecified atom stereocenters. The van der Waals surface area contributed by atoms with E-state index >= 15 is 0 Å². The molecule has 0 spiro atoms. The lowest BCUT2D eigenvalue weighted by atomic mass is 9.97. The molecule has 1 nitrogen and oxygen atoms in total. The van der Waals surface area contributed by atoms with Crippen LogP contribution in [0.5, 0.6) is 0 Å². The molecule has 0 aliphatic rings. The minimum Gasteiger partial charge on any atom is -0.313 e. The summed E-state index contributed by atoms with van der Waals surface area (Å²) in [4.78, 5) is 0. The number of rotatable bonds is 4. The lowest BCUT2D eigenvalue weighted by Crippen LogP contribution is -2.19. The van der Waals surface area contributed by atoms with Crippen LogP contribution >= 0.6 is 31.9 Å². The van der Waals surface area contributed by atoms with Crippen molar-refractivity contribution in [2.24, 2.45) is 0 Å². The Bertz CT molecular complexity index is 613. The average molecular weight is 401 g/mol. The summed E-state index contributed by atoms with van der Waals surface area (Å²) in [5, 5.41) is 3.26. The third kappa shape index (κ3) is 3.68. The molecule has 2 aromatic carbocycles. The molecule has 0 heterocycles. The van der Waals surface area contributed by atoms with E-state index < -0.39 is 0 Å². The van der Waals surface area contributed by atoms with Crippen molar-refractivity contribution in [3.8, 4) is 0 Å². The number of nitrogens with one attached hydrogen (secondary N) is 1.